The second-order valence-electron chi connectivity index (χ2n) is 5.77. The minimum atomic E-state index is 0.348. The Hall–Kier alpha value is -0.630. The molecule has 2 rings (SSSR count). The topological polar surface area (TPSA) is 20.3 Å². The number of ketones is 1. The first-order chi connectivity index (χ1) is 8.18. The lowest BCUT2D eigenvalue weighted by atomic mass is 9.88. The van der Waals surface area contributed by atoms with E-state index in [-0.39, 0.29) is 0 Å². The molecule has 1 saturated heterocycles. The third-order valence-corrected chi connectivity index (χ3v) is 4.31. The standard InChI is InChI=1S/C15H25NO/c1-12(2)9-11-16-10-4-3-7-14(16)13-6-5-8-15(13)17/h13-14H,1,3-11H2,2H3. The third kappa shape index (κ3) is 3.19. The lowest BCUT2D eigenvalue weighted by Gasteiger charge is -2.38. The molecule has 0 spiro atoms. The van der Waals surface area contributed by atoms with Crippen molar-refractivity contribution in [3.05, 3.63) is 12.2 Å². The maximum absolute atomic E-state index is 11.9. The van der Waals surface area contributed by atoms with Gasteiger partial charge in [-0.15, -0.1) is 6.58 Å². The smallest absolute Gasteiger partial charge is 0.137 e. The summed E-state index contributed by atoms with van der Waals surface area (Å²) in [7, 11) is 0. The van der Waals surface area contributed by atoms with Crippen LogP contribution in [0, 0.1) is 5.92 Å². The van der Waals surface area contributed by atoms with E-state index in [2.05, 4.69) is 18.4 Å². The van der Waals surface area contributed by atoms with Gasteiger partial charge in [0.15, 0.2) is 0 Å². The maximum atomic E-state index is 11.9. The predicted molar refractivity (Wildman–Crippen MR) is 71.0 cm³/mol. The number of hydrogen-bond donors (Lipinski definition) is 0. The highest BCUT2D eigenvalue weighted by molar-refractivity contribution is 5.83. The van der Waals surface area contributed by atoms with Gasteiger partial charge in [0.05, 0.1) is 0 Å². The van der Waals surface area contributed by atoms with Gasteiger partial charge >= 0.3 is 0 Å². The zero-order valence-electron chi connectivity index (χ0n) is 11.1. The first-order valence-corrected chi connectivity index (χ1v) is 7.09. The fraction of sp³-hybridized carbons (Fsp3) is 0.800. The minimum absolute atomic E-state index is 0.348. The van der Waals surface area contributed by atoms with Crippen LogP contribution >= 0.6 is 0 Å². The van der Waals surface area contributed by atoms with E-state index in [0.29, 0.717) is 17.7 Å². The average Bonchev–Trinajstić information content (AvgIpc) is 2.73. The number of nitrogens with zero attached hydrogens (tertiary/aromatic N) is 1. The molecule has 0 aromatic rings. The van der Waals surface area contributed by atoms with Crippen LogP contribution in [0.3, 0.4) is 0 Å². The van der Waals surface area contributed by atoms with Crippen LogP contribution < -0.4 is 0 Å². The second kappa shape index (κ2) is 5.81. The number of carbonyl (C=O) groups excluding carboxylic acids is 1. The van der Waals surface area contributed by atoms with Crippen molar-refractivity contribution < 1.29 is 4.79 Å². The number of piperidine rings is 1. The van der Waals surface area contributed by atoms with Crippen LogP contribution in [0.15, 0.2) is 12.2 Å². The highest BCUT2D eigenvalue weighted by atomic mass is 16.1. The molecule has 0 bridgehead atoms. The molecule has 2 atom stereocenters. The molecule has 0 aromatic carbocycles. The molecule has 2 nitrogen and oxygen atoms in total. The van der Waals surface area contributed by atoms with Crippen LogP contribution in [0.4, 0.5) is 0 Å². The number of rotatable bonds is 4. The highest BCUT2D eigenvalue weighted by Crippen LogP contribution is 2.32. The summed E-state index contributed by atoms with van der Waals surface area (Å²) in [6.07, 6.45) is 7.99. The second-order valence-corrected chi connectivity index (χ2v) is 5.77. The fourth-order valence-electron chi connectivity index (χ4n) is 3.33. The molecule has 2 fully saturated rings. The summed E-state index contributed by atoms with van der Waals surface area (Å²) in [6.45, 7) is 8.36. The van der Waals surface area contributed by atoms with Gasteiger partial charge in [-0.25, -0.2) is 0 Å². The Morgan fingerprint density at radius 3 is 2.82 bits per heavy atom. The molecule has 2 heteroatoms. The molecule has 17 heavy (non-hydrogen) atoms. The summed E-state index contributed by atoms with van der Waals surface area (Å²) in [4.78, 5) is 14.5. The van der Waals surface area contributed by atoms with Gasteiger partial charge in [0.1, 0.15) is 5.78 Å². The first-order valence-electron chi connectivity index (χ1n) is 7.09. The van der Waals surface area contributed by atoms with Crippen molar-refractivity contribution in [3.63, 3.8) is 0 Å². The van der Waals surface area contributed by atoms with Gasteiger partial charge in [-0.3, -0.25) is 9.69 Å². The van der Waals surface area contributed by atoms with E-state index in [1.807, 2.05) is 0 Å². The molecular weight excluding hydrogens is 210 g/mol. The number of hydrogen-bond acceptors (Lipinski definition) is 2. The van der Waals surface area contributed by atoms with Crippen molar-refractivity contribution in [2.24, 2.45) is 5.92 Å². The number of carbonyl (C=O) groups is 1. The molecule has 0 amide bonds. The van der Waals surface area contributed by atoms with E-state index in [1.54, 1.807) is 0 Å². The van der Waals surface area contributed by atoms with Crippen molar-refractivity contribution in [1.82, 2.24) is 4.90 Å². The third-order valence-electron chi connectivity index (χ3n) is 4.31. The van der Waals surface area contributed by atoms with E-state index in [1.165, 1.54) is 31.4 Å². The first kappa shape index (κ1) is 12.8. The molecule has 1 saturated carbocycles. The normalized spacial score (nSPS) is 30.8. The van der Waals surface area contributed by atoms with Crippen LogP contribution in [0.5, 0.6) is 0 Å². The molecule has 1 aliphatic carbocycles. The Balaban J connectivity index is 1.96. The van der Waals surface area contributed by atoms with E-state index < -0.39 is 0 Å². The number of likely N-dealkylation sites (tertiary alicyclic amines) is 1. The quantitative estimate of drug-likeness (QED) is 0.698. The molecular formula is C15H25NO. The average molecular weight is 235 g/mol. The maximum Gasteiger partial charge on any atom is 0.137 e. The Morgan fingerprint density at radius 1 is 1.35 bits per heavy atom. The number of Topliss-reactive ketones (excluding diaryl/α,β-unsaturated/α-hetero) is 1. The Morgan fingerprint density at radius 2 is 2.18 bits per heavy atom. The molecule has 0 N–H and O–H groups in total. The summed E-state index contributed by atoms with van der Waals surface area (Å²) in [5.41, 5.74) is 1.26. The van der Waals surface area contributed by atoms with Gasteiger partial charge in [-0.1, -0.05) is 12.0 Å². The molecule has 0 aromatic heterocycles. The van der Waals surface area contributed by atoms with Gasteiger partial charge in [0.2, 0.25) is 0 Å². The fourth-order valence-corrected chi connectivity index (χ4v) is 3.33. The Kier molecular flexibility index (Phi) is 4.38. The van der Waals surface area contributed by atoms with Crippen molar-refractivity contribution in [2.75, 3.05) is 13.1 Å². The SMILES string of the molecule is C=C(C)CCN1CCCCC1C1CCCC1=O. The minimum Gasteiger partial charge on any atom is -0.299 e. The predicted octanol–water partition coefficient (Wildman–Crippen LogP) is 3.18. The van der Waals surface area contributed by atoms with Gasteiger partial charge in [-0.2, -0.15) is 0 Å². The van der Waals surface area contributed by atoms with Gasteiger partial charge in [0.25, 0.3) is 0 Å². The van der Waals surface area contributed by atoms with Crippen LogP contribution in [0.2, 0.25) is 0 Å². The molecule has 0 radical (unpaired) electrons. The summed E-state index contributed by atoms with van der Waals surface area (Å²) in [5.74, 6) is 0.873. The molecule has 2 aliphatic rings. The largest absolute Gasteiger partial charge is 0.299 e. The van der Waals surface area contributed by atoms with Crippen molar-refractivity contribution >= 4 is 5.78 Å². The molecule has 1 aliphatic heterocycles. The van der Waals surface area contributed by atoms with Gasteiger partial charge in [-0.05, 0) is 45.6 Å². The highest BCUT2D eigenvalue weighted by Gasteiger charge is 2.36. The van der Waals surface area contributed by atoms with E-state index >= 15 is 0 Å². The summed E-state index contributed by atoms with van der Waals surface area (Å²) in [5, 5.41) is 0. The zero-order valence-corrected chi connectivity index (χ0v) is 11.1. The van der Waals surface area contributed by atoms with E-state index in [9.17, 15) is 4.79 Å². The van der Waals surface area contributed by atoms with Crippen molar-refractivity contribution in [1.29, 1.82) is 0 Å². The van der Waals surface area contributed by atoms with Gasteiger partial charge < -0.3 is 0 Å². The van der Waals surface area contributed by atoms with Crippen LogP contribution in [-0.4, -0.2) is 29.8 Å². The summed E-state index contributed by atoms with van der Waals surface area (Å²) in [6, 6.07) is 0.540. The summed E-state index contributed by atoms with van der Waals surface area (Å²) >= 11 is 0. The van der Waals surface area contributed by atoms with E-state index in [4.69, 9.17) is 0 Å². The molecule has 2 unspecified atom stereocenters. The molecule has 1 heterocycles. The lowest BCUT2D eigenvalue weighted by molar-refractivity contribution is -0.123. The van der Waals surface area contributed by atoms with Crippen LogP contribution in [0.25, 0.3) is 0 Å². The van der Waals surface area contributed by atoms with E-state index in [0.717, 1.165) is 32.2 Å². The van der Waals surface area contributed by atoms with Crippen LogP contribution in [0.1, 0.15) is 51.9 Å². The zero-order chi connectivity index (χ0) is 12.3. The van der Waals surface area contributed by atoms with Crippen LogP contribution in [-0.2, 0) is 4.79 Å². The Bertz CT molecular complexity index is 297. The summed E-state index contributed by atoms with van der Waals surface area (Å²) < 4.78 is 0. The Labute approximate surface area is 105 Å². The lowest BCUT2D eigenvalue weighted by Crippen LogP contribution is -2.45. The van der Waals surface area contributed by atoms with Gasteiger partial charge in [0, 0.05) is 24.9 Å². The molecule has 96 valence electrons. The van der Waals surface area contributed by atoms with Crippen molar-refractivity contribution in [3.8, 4) is 0 Å². The monoisotopic (exact) mass is 235 g/mol. The van der Waals surface area contributed by atoms with Crippen molar-refractivity contribution in [2.45, 2.75) is 57.9 Å².